The fourth-order valence-electron chi connectivity index (χ4n) is 3.18. The highest BCUT2D eigenvalue weighted by atomic mass is 32.1. The molecule has 2 aromatic rings. The molecule has 3 heterocycles. The van der Waals surface area contributed by atoms with Gasteiger partial charge in [-0.25, -0.2) is 9.97 Å². The maximum atomic E-state index is 12.1. The molecule has 0 spiro atoms. The number of piperazine rings is 1. The van der Waals surface area contributed by atoms with E-state index in [9.17, 15) is 4.79 Å². The van der Waals surface area contributed by atoms with Crippen LogP contribution in [0.2, 0.25) is 0 Å². The summed E-state index contributed by atoms with van der Waals surface area (Å²) in [7, 11) is 0. The SMILES string of the molecule is Cc1sc2ncnc(N3CCN(CC(=O)NC(C)(C)C)CC3)c2c1C. The first-order valence-electron chi connectivity index (χ1n) is 8.73. The van der Waals surface area contributed by atoms with Crippen LogP contribution in [0.15, 0.2) is 6.33 Å². The van der Waals surface area contributed by atoms with Gasteiger partial charge in [-0.15, -0.1) is 11.3 Å². The topological polar surface area (TPSA) is 61.4 Å². The largest absolute Gasteiger partial charge is 0.353 e. The van der Waals surface area contributed by atoms with Crippen molar-refractivity contribution >= 4 is 33.3 Å². The molecule has 0 aromatic carbocycles. The first kappa shape index (κ1) is 18.1. The van der Waals surface area contributed by atoms with Gasteiger partial charge in [0.05, 0.1) is 11.9 Å². The summed E-state index contributed by atoms with van der Waals surface area (Å²) in [5, 5.41) is 4.21. The molecule has 0 atom stereocenters. The molecule has 6 nitrogen and oxygen atoms in total. The maximum Gasteiger partial charge on any atom is 0.234 e. The number of fused-ring (bicyclic) bond motifs is 1. The number of nitrogens with one attached hydrogen (secondary N) is 1. The van der Waals surface area contributed by atoms with Crippen LogP contribution in [0.1, 0.15) is 31.2 Å². The Morgan fingerprint density at radius 1 is 1.20 bits per heavy atom. The third kappa shape index (κ3) is 4.10. The van der Waals surface area contributed by atoms with Crippen molar-refractivity contribution in [2.24, 2.45) is 0 Å². The van der Waals surface area contributed by atoms with Crippen LogP contribution in [0.3, 0.4) is 0 Å². The van der Waals surface area contributed by atoms with Crippen molar-refractivity contribution < 1.29 is 4.79 Å². The van der Waals surface area contributed by atoms with Crippen LogP contribution in [-0.4, -0.2) is 59.0 Å². The molecule has 0 saturated carbocycles. The number of carbonyl (C=O) groups excluding carboxylic acids is 1. The smallest absolute Gasteiger partial charge is 0.234 e. The molecule has 0 aliphatic carbocycles. The average Bonchev–Trinajstić information content (AvgIpc) is 2.81. The van der Waals surface area contributed by atoms with E-state index in [4.69, 9.17) is 0 Å². The number of rotatable bonds is 3. The van der Waals surface area contributed by atoms with Crippen molar-refractivity contribution in [2.75, 3.05) is 37.6 Å². The number of nitrogens with zero attached hydrogens (tertiary/aromatic N) is 4. The molecule has 3 rings (SSSR count). The number of aryl methyl sites for hydroxylation is 2. The molecule has 7 heteroatoms. The fourth-order valence-corrected chi connectivity index (χ4v) is 4.17. The molecule has 25 heavy (non-hydrogen) atoms. The van der Waals surface area contributed by atoms with Crippen molar-refractivity contribution in [3.05, 3.63) is 16.8 Å². The second-order valence-corrected chi connectivity index (χ2v) is 8.93. The first-order chi connectivity index (χ1) is 11.7. The Labute approximate surface area is 153 Å². The molecule has 1 N–H and O–H groups in total. The van der Waals surface area contributed by atoms with Gasteiger partial charge in [-0.3, -0.25) is 9.69 Å². The van der Waals surface area contributed by atoms with Crippen molar-refractivity contribution in [3.8, 4) is 0 Å². The van der Waals surface area contributed by atoms with Crippen LogP contribution in [-0.2, 0) is 4.79 Å². The maximum absolute atomic E-state index is 12.1. The lowest BCUT2D eigenvalue weighted by Crippen LogP contribution is -2.52. The van der Waals surface area contributed by atoms with Crippen molar-refractivity contribution in [1.29, 1.82) is 0 Å². The van der Waals surface area contributed by atoms with E-state index < -0.39 is 0 Å². The lowest BCUT2D eigenvalue weighted by atomic mass is 10.1. The van der Waals surface area contributed by atoms with Gasteiger partial charge in [0.15, 0.2) is 0 Å². The summed E-state index contributed by atoms with van der Waals surface area (Å²) in [4.78, 5) is 28.0. The van der Waals surface area contributed by atoms with E-state index in [2.05, 4.69) is 38.9 Å². The molecule has 1 aliphatic heterocycles. The predicted molar refractivity (Wildman–Crippen MR) is 103 cm³/mol. The van der Waals surface area contributed by atoms with Crippen LogP contribution < -0.4 is 10.2 Å². The number of anilines is 1. The Kier molecular flexibility index (Phi) is 4.97. The molecule has 136 valence electrons. The Balaban J connectivity index is 1.66. The predicted octanol–water partition coefficient (Wildman–Crippen LogP) is 2.34. The summed E-state index contributed by atoms with van der Waals surface area (Å²) >= 11 is 1.73. The zero-order valence-electron chi connectivity index (χ0n) is 15.7. The number of hydrogen-bond acceptors (Lipinski definition) is 6. The van der Waals surface area contributed by atoms with Crippen LogP contribution in [0.25, 0.3) is 10.2 Å². The molecule has 0 bridgehead atoms. The number of hydrogen-bond donors (Lipinski definition) is 1. The van der Waals surface area contributed by atoms with Crippen LogP contribution in [0, 0.1) is 13.8 Å². The van der Waals surface area contributed by atoms with Gasteiger partial charge in [0.1, 0.15) is 17.0 Å². The van der Waals surface area contributed by atoms with E-state index in [0.29, 0.717) is 6.54 Å². The van der Waals surface area contributed by atoms with Gasteiger partial charge in [-0.1, -0.05) is 0 Å². The zero-order chi connectivity index (χ0) is 18.2. The fraction of sp³-hybridized carbons (Fsp3) is 0.611. The van der Waals surface area contributed by atoms with Crippen LogP contribution >= 0.6 is 11.3 Å². The number of carbonyl (C=O) groups is 1. The molecule has 0 radical (unpaired) electrons. The zero-order valence-corrected chi connectivity index (χ0v) is 16.5. The van der Waals surface area contributed by atoms with E-state index in [0.717, 1.165) is 36.8 Å². The third-order valence-electron chi connectivity index (χ3n) is 4.50. The van der Waals surface area contributed by atoms with E-state index in [1.54, 1.807) is 17.7 Å². The lowest BCUT2D eigenvalue weighted by Gasteiger charge is -2.35. The van der Waals surface area contributed by atoms with Crippen molar-refractivity contribution in [1.82, 2.24) is 20.2 Å². The molecule has 1 aliphatic rings. The molecule has 1 saturated heterocycles. The Morgan fingerprint density at radius 3 is 2.52 bits per heavy atom. The van der Waals surface area contributed by atoms with E-state index in [1.807, 2.05) is 20.8 Å². The molecule has 1 fully saturated rings. The van der Waals surface area contributed by atoms with Crippen molar-refractivity contribution in [2.45, 2.75) is 40.2 Å². The van der Waals surface area contributed by atoms with Gasteiger partial charge in [-0.2, -0.15) is 0 Å². The van der Waals surface area contributed by atoms with E-state index in [1.165, 1.54) is 15.8 Å². The second-order valence-electron chi connectivity index (χ2n) is 7.72. The van der Waals surface area contributed by atoms with Crippen LogP contribution in [0.5, 0.6) is 0 Å². The number of thiophene rings is 1. The van der Waals surface area contributed by atoms with Crippen LogP contribution in [0.4, 0.5) is 5.82 Å². The molecule has 2 aromatic heterocycles. The third-order valence-corrected chi connectivity index (χ3v) is 5.61. The summed E-state index contributed by atoms with van der Waals surface area (Å²) in [6.45, 7) is 14.3. The van der Waals surface area contributed by atoms with Gasteiger partial charge in [-0.05, 0) is 40.2 Å². The second kappa shape index (κ2) is 6.88. The highest BCUT2D eigenvalue weighted by Gasteiger charge is 2.24. The minimum atomic E-state index is -0.181. The van der Waals surface area contributed by atoms with E-state index >= 15 is 0 Å². The lowest BCUT2D eigenvalue weighted by molar-refractivity contribution is -0.123. The van der Waals surface area contributed by atoms with Gasteiger partial charge in [0, 0.05) is 36.6 Å². The standard InChI is InChI=1S/C18H27N5OS/c1-12-13(2)25-17-15(12)16(19-11-20-17)23-8-6-22(7-9-23)10-14(24)21-18(3,4)5/h11H,6-10H2,1-5H3,(H,21,24). The van der Waals surface area contributed by atoms with Gasteiger partial charge in [0.2, 0.25) is 5.91 Å². The molecular formula is C18H27N5OS. The average molecular weight is 362 g/mol. The van der Waals surface area contributed by atoms with Gasteiger partial charge in [0.25, 0.3) is 0 Å². The summed E-state index contributed by atoms with van der Waals surface area (Å²) in [5.41, 5.74) is 1.10. The van der Waals surface area contributed by atoms with Gasteiger partial charge < -0.3 is 10.2 Å². The molecule has 1 amide bonds. The monoisotopic (exact) mass is 361 g/mol. The van der Waals surface area contributed by atoms with Gasteiger partial charge >= 0.3 is 0 Å². The summed E-state index contributed by atoms with van der Waals surface area (Å²) in [6.07, 6.45) is 1.66. The Morgan fingerprint density at radius 2 is 1.88 bits per heavy atom. The molecular weight excluding hydrogens is 334 g/mol. The number of amides is 1. The Hall–Kier alpha value is -1.73. The minimum Gasteiger partial charge on any atom is -0.353 e. The summed E-state index contributed by atoms with van der Waals surface area (Å²) < 4.78 is 0. The molecule has 0 unspecified atom stereocenters. The van der Waals surface area contributed by atoms with Crippen molar-refractivity contribution in [3.63, 3.8) is 0 Å². The number of aromatic nitrogens is 2. The summed E-state index contributed by atoms with van der Waals surface area (Å²) in [6, 6.07) is 0. The highest BCUT2D eigenvalue weighted by molar-refractivity contribution is 7.18. The first-order valence-corrected chi connectivity index (χ1v) is 9.55. The minimum absolute atomic E-state index is 0.0923. The quantitative estimate of drug-likeness (QED) is 0.909. The summed E-state index contributed by atoms with van der Waals surface area (Å²) in [5.74, 6) is 1.13. The van der Waals surface area contributed by atoms with E-state index in [-0.39, 0.29) is 11.4 Å². The normalized spacial score (nSPS) is 16.4. The highest BCUT2D eigenvalue weighted by Crippen LogP contribution is 2.34. The Bertz CT molecular complexity index is 772.